The maximum atomic E-state index is 13.2. The lowest BCUT2D eigenvalue weighted by atomic mass is 9.94. The second-order valence-electron chi connectivity index (χ2n) is 8.36. The molecule has 6 nitrogen and oxygen atoms in total. The zero-order valence-corrected chi connectivity index (χ0v) is 21.1. The van der Waals surface area contributed by atoms with Crippen molar-refractivity contribution >= 4 is 29.1 Å². The highest BCUT2D eigenvalue weighted by Gasteiger charge is 2.45. The van der Waals surface area contributed by atoms with Crippen LogP contribution in [0.3, 0.4) is 0 Å². The Hall–Kier alpha value is -2.83. The van der Waals surface area contributed by atoms with E-state index in [4.69, 9.17) is 16.3 Å². The number of carbonyl (C=O) groups is 2. The zero-order valence-electron chi connectivity index (χ0n) is 20.3. The molecule has 2 aromatic rings. The van der Waals surface area contributed by atoms with E-state index < -0.39 is 17.7 Å². The number of amides is 1. The van der Waals surface area contributed by atoms with Crippen molar-refractivity contribution in [2.75, 3.05) is 32.8 Å². The van der Waals surface area contributed by atoms with Crippen molar-refractivity contribution < 1.29 is 19.4 Å². The molecular weight excluding hydrogens is 452 g/mol. The number of hydrogen-bond donors (Lipinski definition) is 1. The van der Waals surface area contributed by atoms with Gasteiger partial charge >= 0.3 is 0 Å². The fourth-order valence-electron chi connectivity index (χ4n) is 4.29. The van der Waals surface area contributed by atoms with Gasteiger partial charge in [-0.25, -0.2) is 0 Å². The smallest absolute Gasteiger partial charge is 0.295 e. The maximum absolute atomic E-state index is 13.2. The summed E-state index contributed by atoms with van der Waals surface area (Å²) < 4.78 is 5.47. The summed E-state index contributed by atoms with van der Waals surface area (Å²) in [5.41, 5.74) is 2.30. The van der Waals surface area contributed by atoms with Crippen LogP contribution in [0.4, 0.5) is 0 Å². The van der Waals surface area contributed by atoms with Gasteiger partial charge in [0.25, 0.3) is 11.7 Å². The molecule has 1 aliphatic heterocycles. The standard InChI is InChI=1S/C27H33ClN2O4/c1-5-29(6-2)15-8-16-30-24(19-11-9-18(4)10-12-19)23(26(32)27(30)33)25(31)20-13-14-22(34-7-3)21(28)17-20/h9-14,17,24,31H,5-8,15-16H2,1-4H3/b25-23+/t24-/m0/s1. The number of halogens is 1. The van der Waals surface area contributed by atoms with Crippen LogP contribution in [0.1, 0.15) is 49.9 Å². The third-order valence-electron chi connectivity index (χ3n) is 6.21. The molecule has 7 heteroatoms. The Balaban J connectivity index is 2.03. The fourth-order valence-corrected chi connectivity index (χ4v) is 4.52. The molecule has 0 bridgehead atoms. The molecule has 0 aromatic heterocycles. The summed E-state index contributed by atoms with van der Waals surface area (Å²) >= 11 is 6.32. The molecule has 1 heterocycles. The topological polar surface area (TPSA) is 70.1 Å². The highest BCUT2D eigenvalue weighted by atomic mass is 35.5. The maximum Gasteiger partial charge on any atom is 0.295 e. The molecule has 1 saturated heterocycles. The second kappa shape index (κ2) is 11.5. The third kappa shape index (κ3) is 5.45. The van der Waals surface area contributed by atoms with E-state index in [0.29, 0.717) is 29.5 Å². The Kier molecular flexibility index (Phi) is 8.75. The SMILES string of the molecule is CCOc1ccc(/C(O)=C2\C(=O)C(=O)N(CCCN(CC)CC)[C@H]2c2ccc(C)cc2)cc1Cl. The first-order valence-electron chi connectivity index (χ1n) is 11.8. The number of benzene rings is 2. The van der Waals surface area contributed by atoms with E-state index in [1.807, 2.05) is 38.1 Å². The highest BCUT2D eigenvalue weighted by molar-refractivity contribution is 6.46. The van der Waals surface area contributed by atoms with E-state index in [1.54, 1.807) is 23.1 Å². The lowest BCUT2D eigenvalue weighted by Crippen LogP contribution is -2.33. The Morgan fingerprint density at radius 3 is 2.35 bits per heavy atom. The van der Waals surface area contributed by atoms with Crippen molar-refractivity contribution in [2.24, 2.45) is 0 Å². The van der Waals surface area contributed by atoms with Crippen molar-refractivity contribution in [3.63, 3.8) is 0 Å². The largest absolute Gasteiger partial charge is 0.507 e. The molecule has 0 spiro atoms. The molecule has 34 heavy (non-hydrogen) atoms. The normalized spacial score (nSPS) is 17.6. The molecule has 0 aliphatic carbocycles. The molecule has 1 aliphatic rings. The van der Waals surface area contributed by atoms with Crippen LogP contribution in [0.15, 0.2) is 48.0 Å². The van der Waals surface area contributed by atoms with Gasteiger partial charge in [-0.05, 0) is 63.7 Å². The Morgan fingerprint density at radius 1 is 1.09 bits per heavy atom. The van der Waals surface area contributed by atoms with E-state index >= 15 is 0 Å². The quantitative estimate of drug-likeness (QED) is 0.285. The minimum atomic E-state index is -0.684. The molecule has 0 unspecified atom stereocenters. The number of hydrogen-bond acceptors (Lipinski definition) is 5. The van der Waals surface area contributed by atoms with Gasteiger partial charge < -0.3 is 19.6 Å². The van der Waals surface area contributed by atoms with Crippen molar-refractivity contribution in [3.8, 4) is 5.75 Å². The summed E-state index contributed by atoms with van der Waals surface area (Å²) in [5, 5.41) is 11.5. The minimum absolute atomic E-state index is 0.0805. The van der Waals surface area contributed by atoms with Gasteiger partial charge in [0.15, 0.2) is 0 Å². The van der Waals surface area contributed by atoms with Gasteiger partial charge in [-0.3, -0.25) is 9.59 Å². The summed E-state index contributed by atoms with van der Waals surface area (Å²) in [4.78, 5) is 30.1. The molecule has 0 saturated carbocycles. The summed E-state index contributed by atoms with van der Waals surface area (Å²) in [5.74, 6) is -1.02. The van der Waals surface area contributed by atoms with Crippen molar-refractivity contribution in [1.82, 2.24) is 9.80 Å². The van der Waals surface area contributed by atoms with Crippen LogP contribution in [-0.4, -0.2) is 59.4 Å². The monoisotopic (exact) mass is 484 g/mol. The highest BCUT2D eigenvalue weighted by Crippen LogP contribution is 2.40. The van der Waals surface area contributed by atoms with E-state index in [9.17, 15) is 14.7 Å². The number of aryl methyl sites for hydroxylation is 1. The molecule has 2 aromatic carbocycles. The summed E-state index contributed by atoms with van der Waals surface area (Å²) in [7, 11) is 0. The van der Waals surface area contributed by atoms with Gasteiger partial charge in [0.1, 0.15) is 11.5 Å². The second-order valence-corrected chi connectivity index (χ2v) is 8.77. The van der Waals surface area contributed by atoms with Crippen LogP contribution in [0.2, 0.25) is 5.02 Å². The van der Waals surface area contributed by atoms with E-state index in [2.05, 4.69) is 18.7 Å². The van der Waals surface area contributed by atoms with Crippen LogP contribution in [-0.2, 0) is 9.59 Å². The van der Waals surface area contributed by atoms with Gasteiger partial charge in [0.05, 0.1) is 23.2 Å². The molecule has 1 fully saturated rings. The predicted octanol–water partition coefficient (Wildman–Crippen LogP) is 5.20. The van der Waals surface area contributed by atoms with Crippen LogP contribution in [0, 0.1) is 6.92 Å². The third-order valence-corrected chi connectivity index (χ3v) is 6.50. The van der Waals surface area contributed by atoms with Gasteiger partial charge in [0.2, 0.25) is 0 Å². The molecule has 3 rings (SSSR count). The first-order valence-corrected chi connectivity index (χ1v) is 12.2. The fraction of sp³-hybridized carbons (Fsp3) is 0.407. The zero-order chi connectivity index (χ0) is 24.8. The van der Waals surface area contributed by atoms with Gasteiger partial charge in [0, 0.05) is 12.1 Å². The number of nitrogens with zero attached hydrogens (tertiary/aromatic N) is 2. The number of likely N-dealkylation sites (tertiary alicyclic amines) is 1. The molecule has 0 radical (unpaired) electrons. The molecule has 182 valence electrons. The summed E-state index contributed by atoms with van der Waals surface area (Å²) in [6.45, 7) is 11.6. The van der Waals surface area contributed by atoms with Crippen LogP contribution in [0.5, 0.6) is 5.75 Å². The first-order chi connectivity index (χ1) is 16.3. The number of ketones is 1. The average Bonchev–Trinajstić information content (AvgIpc) is 3.08. The van der Waals surface area contributed by atoms with Crippen LogP contribution < -0.4 is 4.74 Å². The number of Topliss-reactive ketones (excluding diaryl/α,β-unsaturated/α-hetero) is 1. The number of aliphatic hydroxyl groups excluding tert-OH is 1. The van der Waals surface area contributed by atoms with Gasteiger partial charge in [-0.2, -0.15) is 0 Å². The van der Waals surface area contributed by atoms with E-state index in [-0.39, 0.29) is 11.3 Å². The van der Waals surface area contributed by atoms with Crippen LogP contribution in [0.25, 0.3) is 5.76 Å². The Labute approximate surface area is 206 Å². The molecule has 1 amide bonds. The number of carbonyl (C=O) groups excluding carboxylic acids is 2. The Bertz CT molecular complexity index is 1060. The minimum Gasteiger partial charge on any atom is -0.507 e. The number of aliphatic hydroxyl groups is 1. The van der Waals surface area contributed by atoms with E-state index in [0.717, 1.165) is 37.2 Å². The Morgan fingerprint density at radius 2 is 1.76 bits per heavy atom. The predicted molar refractivity (Wildman–Crippen MR) is 135 cm³/mol. The van der Waals surface area contributed by atoms with Crippen LogP contribution >= 0.6 is 11.6 Å². The average molecular weight is 485 g/mol. The summed E-state index contributed by atoms with van der Waals surface area (Å²) in [6, 6.07) is 11.9. The number of rotatable bonds is 10. The lowest BCUT2D eigenvalue weighted by Gasteiger charge is -2.27. The summed E-state index contributed by atoms with van der Waals surface area (Å²) in [6.07, 6.45) is 0.728. The molecule has 1 atom stereocenters. The van der Waals surface area contributed by atoms with Crippen molar-refractivity contribution in [1.29, 1.82) is 0 Å². The van der Waals surface area contributed by atoms with Gasteiger partial charge in [-0.15, -0.1) is 0 Å². The first kappa shape index (κ1) is 25.8. The van der Waals surface area contributed by atoms with E-state index in [1.165, 1.54) is 0 Å². The number of ether oxygens (including phenoxy) is 1. The van der Waals surface area contributed by atoms with Crippen molar-refractivity contribution in [3.05, 3.63) is 69.8 Å². The molecular formula is C27H33ClN2O4. The lowest BCUT2D eigenvalue weighted by molar-refractivity contribution is -0.140. The van der Waals surface area contributed by atoms with Crippen molar-refractivity contribution in [2.45, 2.75) is 40.2 Å². The molecule has 1 N–H and O–H groups in total. The van der Waals surface area contributed by atoms with Gasteiger partial charge in [-0.1, -0.05) is 55.3 Å².